The molecule has 3 nitrogen and oxygen atoms in total. The number of oxazole rings is 1. The Hall–Kier alpha value is -2.24. The van der Waals surface area contributed by atoms with E-state index in [0.29, 0.717) is 11.7 Å². The van der Waals surface area contributed by atoms with Crippen molar-refractivity contribution in [1.29, 1.82) is 0 Å². The summed E-state index contributed by atoms with van der Waals surface area (Å²) in [6, 6.07) is 17.0. The molecule has 33 heavy (non-hydrogen) atoms. The highest BCUT2D eigenvalue weighted by Gasteiger charge is 2.40. The normalized spacial score (nSPS) is 13.3. The number of unbranched alkanes of at least 4 members (excludes halogenated alkanes) is 3. The van der Waals surface area contributed by atoms with Crippen molar-refractivity contribution in [2.75, 3.05) is 0 Å². The molecule has 1 atom stereocenters. The number of benzene rings is 2. The van der Waals surface area contributed by atoms with Crippen molar-refractivity contribution >= 4 is 8.32 Å². The van der Waals surface area contributed by atoms with Gasteiger partial charge in [0.25, 0.3) is 0 Å². The molecule has 0 aliphatic rings. The highest BCUT2D eigenvalue weighted by atomic mass is 28.4. The van der Waals surface area contributed by atoms with Gasteiger partial charge in [-0.2, -0.15) is 0 Å². The van der Waals surface area contributed by atoms with Crippen LogP contribution < -0.4 is 0 Å². The molecule has 0 N–H and O–H groups in total. The Morgan fingerprint density at radius 1 is 0.939 bits per heavy atom. The smallest absolute Gasteiger partial charge is 0.222 e. The van der Waals surface area contributed by atoms with E-state index in [0.717, 1.165) is 31.2 Å². The molecule has 3 rings (SSSR count). The molecule has 0 bridgehead atoms. The first-order valence-electron chi connectivity index (χ1n) is 12.1. The van der Waals surface area contributed by atoms with Gasteiger partial charge in [0.05, 0.1) is 6.20 Å². The molecule has 0 saturated carbocycles. The number of rotatable bonds is 11. The van der Waals surface area contributed by atoms with Crippen molar-refractivity contribution in [3.8, 4) is 11.3 Å². The Morgan fingerprint density at radius 3 is 2.27 bits per heavy atom. The van der Waals surface area contributed by atoms with Crippen LogP contribution in [0.1, 0.15) is 70.4 Å². The average molecular weight is 468 g/mol. The number of hydrogen-bond donors (Lipinski definition) is 0. The third kappa shape index (κ3) is 7.37. The van der Waals surface area contributed by atoms with Crippen LogP contribution in [0.5, 0.6) is 0 Å². The molecular weight excluding hydrogens is 429 g/mol. The first-order valence-corrected chi connectivity index (χ1v) is 15.0. The average Bonchev–Trinajstić information content (AvgIpc) is 3.26. The molecular formula is C28H38FNO2Si. The Kier molecular flexibility index (Phi) is 8.66. The van der Waals surface area contributed by atoms with Crippen LogP contribution in [0.25, 0.3) is 11.3 Å². The van der Waals surface area contributed by atoms with Gasteiger partial charge in [-0.25, -0.2) is 9.37 Å². The highest BCUT2D eigenvalue weighted by Crippen LogP contribution is 2.41. The van der Waals surface area contributed by atoms with Crippen LogP contribution >= 0.6 is 0 Å². The summed E-state index contributed by atoms with van der Waals surface area (Å²) in [5, 5.41) is 0.104. The topological polar surface area (TPSA) is 35.3 Å². The van der Waals surface area contributed by atoms with Gasteiger partial charge in [-0.15, -0.1) is 0 Å². The molecule has 2 aromatic carbocycles. The maximum absolute atomic E-state index is 13.3. The zero-order chi connectivity index (χ0) is 23.9. The van der Waals surface area contributed by atoms with Gasteiger partial charge in [0.2, 0.25) is 5.89 Å². The summed E-state index contributed by atoms with van der Waals surface area (Å²) in [4.78, 5) is 4.57. The number of aromatic nitrogens is 1. The third-order valence-corrected chi connectivity index (χ3v) is 11.2. The Morgan fingerprint density at radius 2 is 1.61 bits per heavy atom. The van der Waals surface area contributed by atoms with E-state index >= 15 is 0 Å². The minimum absolute atomic E-state index is 0.104. The fourth-order valence-corrected chi connectivity index (χ4v) is 4.89. The molecule has 0 aliphatic carbocycles. The monoisotopic (exact) mass is 467 g/mol. The molecule has 1 aromatic heterocycles. The van der Waals surface area contributed by atoms with E-state index in [1.807, 2.05) is 0 Å². The van der Waals surface area contributed by atoms with Crippen LogP contribution in [0.2, 0.25) is 18.1 Å². The van der Waals surface area contributed by atoms with E-state index in [-0.39, 0.29) is 17.0 Å². The van der Waals surface area contributed by atoms with Crippen LogP contribution in [-0.2, 0) is 10.8 Å². The van der Waals surface area contributed by atoms with Crippen molar-refractivity contribution in [3.63, 3.8) is 0 Å². The van der Waals surface area contributed by atoms with Gasteiger partial charge in [0.1, 0.15) is 11.9 Å². The van der Waals surface area contributed by atoms with Gasteiger partial charge in [0.15, 0.2) is 14.1 Å². The van der Waals surface area contributed by atoms with Crippen LogP contribution in [0.15, 0.2) is 65.2 Å². The summed E-state index contributed by atoms with van der Waals surface area (Å²) in [5.41, 5.74) is 2.23. The standard InChI is InChI=1S/C28H38FNO2Si/c1-28(2,3)33(4,5)32-25(16-12-7-6-9-13-22-14-10-8-11-15-22)27-30-21-26(31-27)23-17-19-24(29)20-18-23/h8,10-11,14-15,17-21,25H,6-7,9,12-13,16H2,1-5H3. The van der Waals surface area contributed by atoms with Crippen LogP contribution in [0, 0.1) is 5.82 Å². The lowest BCUT2D eigenvalue weighted by atomic mass is 10.0. The van der Waals surface area contributed by atoms with Crippen molar-refractivity contribution in [2.24, 2.45) is 0 Å². The van der Waals surface area contributed by atoms with Gasteiger partial charge < -0.3 is 8.84 Å². The predicted molar refractivity (Wildman–Crippen MR) is 136 cm³/mol. The maximum atomic E-state index is 13.3. The second kappa shape index (κ2) is 11.3. The number of hydrogen-bond acceptors (Lipinski definition) is 3. The van der Waals surface area contributed by atoms with E-state index in [2.05, 4.69) is 69.2 Å². The first-order chi connectivity index (χ1) is 15.7. The summed E-state index contributed by atoms with van der Waals surface area (Å²) in [6.07, 6.45) is 8.23. The van der Waals surface area contributed by atoms with Crippen molar-refractivity contribution in [1.82, 2.24) is 4.98 Å². The summed E-state index contributed by atoms with van der Waals surface area (Å²) < 4.78 is 26.2. The summed E-state index contributed by atoms with van der Waals surface area (Å²) in [7, 11) is -2.00. The fourth-order valence-electron chi connectivity index (χ4n) is 3.61. The Labute approximate surface area is 199 Å². The Bertz CT molecular complexity index is 977. The summed E-state index contributed by atoms with van der Waals surface area (Å²) >= 11 is 0. The van der Waals surface area contributed by atoms with Crippen LogP contribution in [0.3, 0.4) is 0 Å². The van der Waals surface area contributed by atoms with Crippen molar-refractivity contribution in [3.05, 3.63) is 78.1 Å². The molecule has 0 aliphatic heterocycles. The number of nitrogens with zero attached hydrogens (tertiary/aromatic N) is 1. The molecule has 3 aromatic rings. The predicted octanol–water partition coefficient (Wildman–Crippen LogP) is 8.74. The fraction of sp³-hybridized carbons (Fsp3) is 0.464. The van der Waals surface area contributed by atoms with Gasteiger partial charge >= 0.3 is 0 Å². The van der Waals surface area contributed by atoms with Crippen molar-refractivity contribution in [2.45, 2.75) is 83.5 Å². The largest absolute Gasteiger partial charge is 0.438 e. The number of aryl methyl sites for hydroxylation is 1. The molecule has 0 radical (unpaired) electrons. The van der Waals surface area contributed by atoms with Crippen LogP contribution in [-0.4, -0.2) is 13.3 Å². The first kappa shape index (κ1) is 25.4. The molecule has 5 heteroatoms. The second-order valence-electron chi connectivity index (χ2n) is 10.4. The van der Waals surface area contributed by atoms with E-state index in [1.165, 1.54) is 30.5 Å². The summed E-state index contributed by atoms with van der Waals surface area (Å²) in [5.74, 6) is 1.02. The van der Waals surface area contributed by atoms with E-state index < -0.39 is 8.32 Å². The van der Waals surface area contributed by atoms with E-state index in [4.69, 9.17) is 8.84 Å². The van der Waals surface area contributed by atoms with E-state index in [1.54, 1.807) is 18.3 Å². The maximum Gasteiger partial charge on any atom is 0.222 e. The van der Waals surface area contributed by atoms with Gasteiger partial charge in [-0.05, 0) is 67.2 Å². The Balaban J connectivity index is 1.62. The molecule has 1 heterocycles. The minimum Gasteiger partial charge on any atom is -0.438 e. The SMILES string of the molecule is CC(C)(C)[Si](C)(C)OC(CCCCCCc1ccccc1)c1ncc(-c2ccc(F)cc2)o1. The number of halogens is 1. The quantitative estimate of drug-likeness (QED) is 0.209. The second-order valence-corrected chi connectivity index (χ2v) is 15.1. The third-order valence-electron chi connectivity index (χ3n) is 6.70. The lowest BCUT2D eigenvalue weighted by Gasteiger charge is -2.38. The van der Waals surface area contributed by atoms with Gasteiger partial charge in [-0.1, -0.05) is 70.4 Å². The van der Waals surface area contributed by atoms with Gasteiger partial charge in [0, 0.05) is 5.56 Å². The minimum atomic E-state index is -2.00. The van der Waals surface area contributed by atoms with Gasteiger partial charge in [-0.3, -0.25) is 0 Å². The molecule has 0 spiro atoms. The molecule has 1 unspecified atom stereocenters. The van der Waals surface area contributed by atoms with Crippen molar-refractivity contribution < 1.29 is 13.2 Å². The lowest BCUT2D eigenvalue weighted by molar-refractivity contribution is 0.139. The van der Waals surface area contributed by atoms with E-state index in [9.17, 15) is 4.39 Å². The molecule has 0 saturated heterocycles. The summed E-state index contributed by atoms with van der Waals surface area (Å²) in [6.45, 7) is 11.3. The lowest BCUT2D eigenvalue weighted by Crippen LogP contribution is -2.41. The van der Waals surface area contributed by atoms with Crippen LogP contribution in [0.4, 0.5) is 4.39 Å². The zero-order valence-electron chi connectivity index (χ0n) is 20.7. The zero-order valence-corrected chi connectivity index (χ0v) is 21.7. The molecule has 0 amide bonds. The molecule has 0 fully saturated rings. The highest BCUT2D eigenvalue weighted by molar-refractivity contribution is 6.74. The molecule has 178 valence electrons.